The van der Waals surface area contributed by atoms with Crippen molar-refractivity contribution in [2.75, 3.05) is 6.61 Å². The molecule has 116 valence electrons. The lowest BCUT2D eigenvalue weighted by Crippen LogP contribution is -2.13. The van der Waals surface area contributed by atoms with Gasteiger partial charge in [0.2, 0.25) is 0 Å². The fraction of sp³-hybridized carbons (Fsp3) is 0.143. The topological polar surface area (TPSA) is 48.4 Å². The van der Waals surface area contributed by atoms with E-state index in [4.69, 9.17) is 55.9 Å². The number of benzene rings is 1. The van der Waals surface area contributed by atoms with Crippen LogP contribution in [-0.2, 0) is 0 Å². The molecular weight excluding hydrogens is 372 g/mol. The number of ether oxygens (including phenoxy) is 2. The minimum absolute atomic E-state index is 0.0281. The Labute approximate surface area is 146 Å². The van der Waals surface area contributed by atoms with Crippen LogP contribution in [0.5, 0.6) is 11.5 Å². The monoisotopic (exact) mass is 379 g/mol. The molecule has 22 heavy (non-hydrogen) atoms. The average Bonchev–Trinajstić information content (AvgIpc) is 2.51. The molecule has 1 aromatic carbocycles. The van der Waals surface area contributed by atoms with E-state index in [1.807, 2.05) is 6.92 Å². The Morgan fingerprint density at radius 1 is 1.05 bits per heavy atom. The fourth-order valence-electron chi connectivity index (χ4n) is 1.58. The Bertz CT molecular complexity index is 721. The van der Waals surface area contributed by atoms with E-state index in [1.54, 1.807) is 24.3 Å². The van der Waals surface area contributed by atoms with E-state index in [1.165, 1.54) is 0 Å². The summed E-state index contributed by atoms with van der Waals surface area (Å²) in [5.74, 6) is -0.173. The van der Waals surface area contributed by atoms with Crippen molar-refractivity contribution in [1.29, 1.82) is 0 Å². The first kappa shape index (κ1) is 17.2. The third-order valence-corrected chi connectivity index (χ3v) is 4.21. The van der Waals surface area contributed by atoms with Gasteiger partial charge in [-0.05, 0) is 19.1 Å². The average molecular weight is 381 g/mol. The minimum Gasteiger partial charge on any atom is -0.490 e. The van der Waals surface area contributed by atoms with Crippen molar-refractivity contribution in [1.82, 2.24) is 4.98 Å². The zero-order valence-electron chi connectivity index (χ0n) is 11.2. The van der Waals surface area contributed by atoms with Crippen molar-refractivity contribution in [2.24, 2.45) is 0 Å². The largest absolute Gasteiger partial charge is 0.490 e. The van der Waals surface area contributed by atoms with E-state index in [0.717, 1.165) is 0 Å². The van der Waals surface area contributed by atoms with Crippen LogP contribution in [0.4, 0.5) is 0 Å². The summed E-state index contributed by atoms with van der Waals surface area (Å²) < 4.78 is 10.6. The van der Waals surface area contributed by atoms with Gasteiger partial charge < -0.3 is 9.47 Å². The van der Waals surface area contributed by atoms with Gasteiger partial charge in [-0.3, -0.25) is 0 Å². The highest BCUT2D eigenvalue weighted by atomic mass is 35.5. The van der Waals surface area contributed by atoms with Crippen LogP contribution in [0.15, 0.2) is 24.3 Å². The lowest BCUT2D eigenvalue weighted by Gasteiger charge is -2.11. The molecule has 0 aliphatic rings. The van der Waals surface area contributed by atoms with E-state index < -0.39 is 5.97 Å². The Morgan fingerprint density at radius 3 is 2.32 bits per heavy atom. The van der Waals surface area contributed by atoms with Crippen molar-refractivity contribution >= 4 is 52.4 Å². The van der Waals surface area contributed by atoms with Gasteiger partial charge in [0.1, 0.15) is 5.15 Å². The van der Waals surface area contributed by atoms with Crippen molar-refractivity contribution in [2.45, 2.75) is 6.92 Å². The highest BCUT2D eigenvalue weighted by Gasteiger charge is 2.22. The van der Waals surface area contributed by atoms with E-state index in [-0.39, 0.29) is 31.7 Å². The maximum Gasteiger partial charge on any atom is 0.364 e. The van der Waals surface area contributed by atoms with Crippen molar-refractivity contribution in [3.8, 4) is 11.5 Å². The number of hydrogen-bond acceptors (Lipinski definition) is 4. The van der Waals surface area contributed by atoms with Gasteiger partial charge in [0.05, 0.1) is 21.7 Å². The molecule has 2 aromatic rings. The van der Waals surface area contributed by atoms with Gasteiger partial charge in [-0.15, -0.1) is 0 Å². The molecular formula is C14H9Cl4NO3. The molecule has 0 saturated carbocycles. The second-order valence-electron chi connectivity index (χ2n) is 3.96. The maximum absolute atomic E-state index is 12.2. The van der Waals surface area contributed by atoms with Crippen LogP contribution in [0.2, 0.25) is 20.2 Å². The molecule has 0 aliphatic carbocycles. The van der Waals surface area contributed by atoms with Crippen LogP contribution < -0.4 is 9.47 Å². The van der Waals surface area contributed by atoms with Gasteiger partial charge in [0, 0.05) is 0 Å². The summed E-state index contributed by atoms with van der Waals surface area (Å²) in [5.41, 5.74) is -0.229. The van der Waals surface area contributed by atoms with E-state index in [9.17, 15) is 4.79 Å². The van der Waals surface area contributed by atoms with Gasteiger partial charge >= 0.3 is 5.97 Å². The van der Waals surface area contributed by atoms with Gasteiger partial charge in [-0.2, -0.15) is 0 Å². The van der Waals surface area contributed by atoms with E-state index in [0.29, 0.717) is 12.4 Å². The molecule has 0 N–H and O–H groups in total. The Balaban J connectivity index is 2.35. The van der Waals surface area contributed by atoms with E-state index in [2.05, 4.69) is 4.98 Å². The third kappa shape index (κ3) is 3.58. The normalized spacial score (nSPS) is 10.4. The second-order valence-corrected chi connectivity index (χ2v) is 5.45. The second kappa shape index (κ2) is 7.38. The Hall–Kier alpha value is -1.20. The number of aromatic nitrogens is 1. The molecule has 0 spiro atoms. The molecule has 1 aromatic heterocycles. The number of carbonyl (C=O) groups is 1. The summed E-state index contributed by atoms with van der Waals surface area (Å²) in [6.07, 6.45) is 0. The van der Waals surface area contributed by atoms with Crippen LogP contribution in [-0.4, -0.2) is 17.6 Å². The number of nitrogens with zero attached hydrogens (tertiary/aromatic N) is 1. The molecule has 1 heterocycles. The van der Waals surface area contributed by atoms with Gasteiger partial charge in [0.15, 0.2) is 17.2 Å². The van der Waals surface area contributed by atoms with Crippen LogP contribution >= 0.6 is 46.4 Å². The number of carbonyl (C=O) groups excluding carboxylic acids is 1. The lowest BCUT2D eigenvalue weighted by atomic mass is 10.3. The van der Waals surface area contributed by atoms with Crippen LogP contribution in [0.1, 0.15) is 17.4 Å². The molecule has 0 saturated heterocycles. The molecule has 0 bridgehead atoms. The van der Waals surface area contributed by atoms with Crippen LogP contribution in [0.3, 0.4) is 0 Å². The summed E-state index contributed by atoms with van der Waals surface area (Å²) in [6.45, 7) is 2.24. The molecule has 0 aliphatic heterocycles. The fourth-order valence-corrected chi connectivity index (χ4v) is 2.39. The van der Waals surface area contributed by atoms with Crippen molar-refractivity contribution in [3.63, 3.8) is 0 Å². The molecule has 0 amide bonds. The molecule has 0 fully saturated rings. The number of pyridine rings is 1. The summed E-state index contributed by atoms with van der Waals surface area (Å²) in [5, 5.41) is -0.357. The standard InChI is InChI=1S/C14H9Cl4NO3/c1-2-21-7-5-3-4-6-8(7)22-14(20)12-10(16)9(15)11(17)13(18)19-12/h3-6H,2H2,1H3. The summed E-state index contributed by atoms with van der Waals surface area (Å²) >= 11 is 23.5. The Morgan fingerprint density at radius 2 is 1.68 bits per heavy atom. The first-order valence-electron chi connectivity index (χ1n) is 6.09. The van der Waals surface area contributed by atoms with Crippen LogP contribution in [0, 0.1) is 0 Å². The van der Waals surface area contributed by atoms with Gasteiger partial charge in [0.25, 0.3) is 0 Å². The maximum atomic E-state index is 12.2. The molecule has 8 heteroatoms. The SMILES string of the molecule is CCOc1ccccc1OC(=O)c1nc(Cl)c(Cl)c(Cl)c1Cl. The summed E-state index contributed by atoms with van der Waals surface area (Å²) in [6, 6.07) is 6.70. The molecule has 2 rings (SSSR count). The predicted octanol–water partition coefficient (Wildman–Crippen LogP) is 5.31. The smallest absolute Gasteiger partial charge is 0.364 e. The number of rotatable bonds is 4. The summed E-state index contributed by atoms with van der Waals surface area (Å²) in [7, 11) is 0. The number of hydrogen-bond donors (Lipinski definition) is 0. The van der Waals surface area contributed by atoms with E-state index >= 15 is 0 Å². The minimum atomic E-state index is -0.822. The highest BCUT2D eigenvalue weighted by molar-refractivity contribution is 6.52. The molecule has 4 nitrogen and oxygen atoms in total. The van der Waals surface area contributed by atoms with Gasteiger partial charge in [-0.25, -0.2) is 9.78 Å². The summed E-state index contributed by atoms with van der Waals surface area (Å²) in [4.78, 5) is 16.0. The van der Waals surface area contributed by atoms with Crippen LogP contribution in [0.25, 0.3) is 0 Å². The lowest BCUT2D eigenvalue weighted by molar-refractivity contribution is 0.0722. The number of para-hydroxylation sites is 2. The number of halogens is 4. The quantitative estimate of drug-likeness (QED) is 0.409. The highest BCUT2D eigenvalue weighted by Crippen LogP contribution is 2.37. The first-order valence-corrected chi connectivity index (χ1v) is 7.60. The third-order valence-electron chi connectivity index (χ3n) is 2.53. The zero-order chi connectivity index (χ0) is 16.3. The first-order chi connectivity index (χ1) is 10.5. The predicted molar refractivity (Wildman–Crippen MR) is 86.8 cm³/mol. The van der Waals surface area contributed by atoms with Crippen molar-refractivity contribution in [3.05, 3.63) is 50.2 Å². The molecule has 0 radical (unpaired) electrons. The van der Waals surface area contributed by atoms with Crippen molar-refractivity contribution < 1.29 is 14.3 Å². The Kier molecular flexibility index (Phi) is 5.75. The molecule has 0 atom stereocenters. The zero-order valence-corrected chi connectivity index (χ0v) is 14.2. The molecule has 0 unspecified atom stereocenters. The van der Waals surface area contributed by atoms with Gasteiger partial charge in [-0.1, -0.05) is 58.5 Å². The number of esters is 1.